The number of nitrogens with zero attached hydrogens (tertiary/aromatic N) is 3. The highest BCUT2D eigenvalue weighted by atomic mass is 19.1. The Hall–Kier alpha value is -3.82. The molecule has 0 radical (unpaired) electrons. The van der Waals surface area contributed by atoms with Gasteiger partial charge >= 0.3 is 6.09 Å². The van der Waals surface area contributed by atoms with Gasteiger partial charge in [-0.3, -0.25) is 9.59 Å². The minimum absolute atomic E-state index is 0.104. The van der Waals surface area contributed by atoms with Gasteiger partial charge in [-0.2, -0.15) is 0 Å². The fourth-order valence-corrected chi connectivity index (χ4v) is 4.55. The molecule has 0 spiro atoms. The van der Waals surface area contributed by atoms with E-state index in [0.29, 0.717) is 55.6 Å². The van der Waals surface area contributed by atoms with Crippen molar-refractivity contribution < 1.29 is 27.9 Å². The van der Waals surface area contributed by atoms with E-state index in [4.69, 9.17) is 9.15 Å². The Labute approximate surface area is 214 Å². The monoisotopic (exact) mass is 510 g/mol. The van der Waals surface area contributed by atoms with Crippen LogP contribution in [-0.2, 0) is 15.1 Å². The molecular formula is C27H31FN4O5. The first kappa shape index (κ1) is 26.2. The van der Waals surface area contributed by atoms with Crippen molar-refractivity contribution in [1.29, 1.82) is 0 Å². The number of amides is 1. The van der Waals surface area contributed by atoms with E-state index in [9.17, 15) is 18.8 Å². The number of hydrogen-bond acceptors (Lipinski definition) is 7. The van der Waals surface area contributed by atoms with E-state index in [0.717, 1.165) is 6.42 Å². The van der Waals surface area contributed by atoms with Crippen molar-refractivity contribution in [3.63, 3.8) is 0 Å². The molecule has 1 N–H and O–H groups in total. The quantitative estimate of drug-likeness (QED) is 0.303. The van der Waals surface area contributed by atoms with Crippen LogP contribution in [0.3, 0.4) is 0 Å². The van der Waals surface area contributed by atoms with Crippen molar-refractivity contribution in [1.82, 2.24) is 19.9 Å². The zero-order valence-electron chi connectivity index (χ0n) is 21.3. The van der Waals surface area contributed by atoms with E-state index in [2.05, 4.69) is 15.3 Å². The molecule has 2 aromatic heterocycles. The molecule has 37 heavy (non-hydrogen) atoms. The molecule has 1 saturated heterocycles. The number of oxazole rings is 1. The fraction of sp³-hybridized carbons (Fsp3) is 0.444. The van der Waals surface area contributed by atoms with E-state index in [1.165, 1.54) is 29.2 Å². The smallest absolute Gasteiger partial charge is 0.420 e. The average Bonchev–Trinajstić information content (AvgIpc) is 3.58. The summed E-state index contributed by atoms with van der Waals surface area (Å²) in [5.74, 6) is -0.192. The fourth-order valence-electron chi connectivity index (χ4n) is 4.55. The lowest BCUT2D eigenvalue weighted by Gasteiger charge is -2.30. The second-order valence-corrected chi connectivity index (χ2v) is 10.2. The number of ether oxygens (including phenoxy) is 1. The third-order valence-electron chi connectivity index (χ3n) is 6.24. The molecule has 196 valence electrons. The highest BCUT2D eigenvalue weighted by Crippen LogP contribution is 2.38. The van der Waals surface area contributed by atoms with Crippen LogP contribution in [-0.4, -0.2) is 37.9 Å². The normalized spacial score (nSPS) is 17.6. The number of hydrogen-bond donors (Lipinski definition) is 1. The number of benzene rings is 1. The molecule has 1 aliphatic rings. The van der Waals surface area contributed by atoms with Crippen molar-refractivity contribution in [2.75, 3.05) is 0 Å². The molecule has 4 rings (SSSR count). The highest BCUT2D eigenvalue weighted by Gasteiger charge is 2.44. The van der Waals surface area contributed by atoms with Gasteiger partial charge in [-0.05, 0) is 64.3 Å². The highest BCUT2D eigenvalue weighted by molar-refractivity contribution is 5.91. The van der Waals surface area contributed by atoms with Crippen LogP contribution in [0.25, 0.3) is 11.3 Å². The second kappa shape index (κ2) is 10.7. The van der Waals surface area contributed by atoms with Gasteiger partial charge in [0.15, 0.2) is 0 Å². The topological polar surface area (TPSA) is 116 Å². The molecule has 0 unspecified atom stereocenters. The Balaban J connectivity index is 1.58. The predicted octanol–water partition coefficient (Wildman–Crippen LogP) is 5.40. The lowest BCUT2D eigenvalue weighted by atomic mass is 9.89. The lowest BCUT2D eigenvalue weighted by Crippen LogP contribution is -2.43. The van der Waals surface area contributed by atoms with Gasteiger partial charge in [0.1, 0.15) is 23.5 Å². The van der Waals surface area contributed by atoms with Crippen LogP contribution in [0.1, 0.15) is 82.2 Å². The number of unbranched alkanes of at least 4 members (excludes halogenated alkanes) is 2. The number of ketones is 1. The first-order valence-corrected chi connectivity index (χ1v) is 12.4. The Morgan fingerprint density at radius 2 is 1.92 bits per heavy atom. The first-order valence-electron chi connectivity index (χ1n) is 12.4. The largest absolute Gasteiger partial charge is 0.443 e. The van der Waals surface area contributed by atoms with E-state index >= 15 is 0 Å². The Morgan fingerprint density at radius 3 is 2.54 bits per heavy atom. The van der Waals surface area contributed by atoms with E-state index in [1.54, 1.807) is 39.1 Å². The Kier molecular flexibility index (Phi) is 7.56. The Bertz CT molecular complexity index is 1260. The SMILES string of the molecule is CC(C)(C)OC(=O)n1c(-c2ccc(F)cc2)cnc1[C@@]1(CCCCCC(=O)c2ncco2)CCC(=O)N1. The summed E-state index contributed by atoms with van der Waals surface area (Å²) >= 11 is 0. The standard InChI is InChI=1S/C27H31FN4O5/c1-26(2,3)37-25(35)32-20(18-8-10-19(28)11-9-18)17-30-24(32)27(14-12-22(34)31-27)13-6-4-5-7-21(33)23-29-15-16-36-23/h8-11,15-17H,4-7,12-14H2,1-3H3,(H,31,34)/t27-/m1/s1. The third kappa shape index (κ3) is 6.12. The second-order valence-electron chi connectivity index (χ2n) is 10.2. The Morgan fingerprint density at radius 1 is 1.16 bits per heavy atom. The van der Waals surface area contributed by atoms with Gasteiger partial charge in [-0.25, -0.2) is 23.7 Å². The van der Waals surface area contributed by atoms with Gasteiger partial charge in [0.25, 0.3) is 5.89 Å². The summed E-state index contributed by atoms with van der Waals surface area (Å²) < 4.78 is 25.7. The number of halogens is 1. The number of nitrogens with one attached hydrogen (secondary N) is 1. The van der Waals surface area contributed by atoms with Crippen LogP contribution >= 0.6 is 0 Å². The summed E-state index contributed by atoms with van der Waals surface area (Å²) in [7, 11) is 0. The molecule has 0 saturated carbocycles. The molecule has 3 aromatic rings. The zero-order valence-corrected chi connectivity index (χ0v) is 21.3. The first-order chi connectivity index (χ1) is 17.6. The summed E-state index contributed by atoms with van der Waals surface area (Å²) in [5, 5.41) is 3.06. The number of carbonyl (C=O) groups is 3. The molecule has 1 aromatic carbocycles. The van der Waals surface area contributed by atoms with Crippen molar-refractivity contribution in [3.05, 3.63) is 60.5 Å². The van der Waals surface area contributed by atoms with Crippen molar-refractivity contribution >= 4 is 17.8 Å². The predicted molar refractivity (Wildman–Crippen MR) is 132 cm³/mol. The lowest BCUT2D eigenvalue weighted by molar-refractivity contribution is -0.120. The van der Waals surface area contributed by atoms with Crippen LogP contribution < -0.4 is 5.32 Å². The number of carbonyl (C=O) groups excluding carboxylic acids is 3. The van der Waals surface area contributed by atoms with Gasteiger partial charge in [0.05, 0.1) is 23.6 Å². The number of imidazole rings is 1. The van der Waals surface area contributed by atoms with Crippen LogP contribution in [0, 0.1) is 5.82 Å². The third-order valence-corrected chi connectivity index (χ3v) is 6.24. The van der Waals surface area contributed by atoms with Gasteiger partial charge < -0.3 is 14.5 Å². The maximum Gasteiger partial charge on any atom is 0.420 e. The van der Waals surface area contributed by atoms with Gasteiger partial charge in [-0.1, -0.05) is 12.8 Å². The molecule has 10 heteroatoms. The van der Waals surface area contributed by atoms with Gasteiger partial charge in [0, 0.05) is 18.4 Å². The van der Waals surface area contributed by atoms with Gasteiger partial charge in [-0.15, -0.1) is 0 Å². The summed E-state index contributed by atoms with van der Waals surface area (Å²) in [4.78, 5) is 46.4. The average molecular weight is 511 g/mol. The molecule has 1 atom stereocenters. The number of rotatable bonds is 9. The van der Waals surface area contributed by atoms with Crippen LogP contribution in [0.2, 0.25) is 0 Å². The molecule has 1 amide bonds. The van der Waals surface area contributed by atoms with Crippen LogP contribution in [0.15, 0.2) is 47.3 Å². The number of aromatic nitrogens is 3. The van der Waals surface area contributed by atoms with Crippen molar-refractivity contribution in [3.8, 4) is 11.3 Å². The minimum Gasteiger partial charge on any atom is -0.443 e. The molecule has 0 aliphatic carbocycles. The molecule has 1 aliphatic heterocycles. The molecule has 0 bridgehead atoms. The van der Waals surface area contributed by atoms with E-state index in [-0.39, 0.29) is 17.6 Å². The summed E-state index contributed by atoms with van der Waals surface area (Å²) in [6, 6.07) is 5.77. The summed E-state index contributed by atoms with van der Waals surface area (Å²) in [6.45, 7) is 5.31. The van der Waals surface area contributed by atoms with Crippen molar-refractivity contribution in [2.45, 2.75) is 76.9 Å². The van der Waals surface area contributed by atoms with Gasteiger partial charge in [0.2, 0.25) is 11.7 Å². The number of Topliss-reactive ketones (excluding diaryl/α,β-unsaturated/α-hetero) is 1. The molecule has 9 nitrogen and oxygen atoms in total. The van der Waals surface area contributed by atoms with Crippen molar-refractivity contribution in [2.24, 2.45) is 0 Å². The summed E-state index contributed by atoms with van der Waals surface area (Å²) in [6.07, 6.45) is 7.36. The molecule has 1 fully saturated rings. The molecule has 3 heterocycles. The maximum absolute atomic E-state index is 13.6. The summed E-state index contributed by atoms with van der Waals surface area (Å²) in [5.41, 5.74) is -0.601. The zero-order chi connectivity index (χ0) is 26.6. The molecular weight excluding hydrogens is 479 g/mol. The van der Waals surface area contributed by atoms with Crippen LogP contribution in [0.5, 0.6) is 0 Å². The minimum atomic E-state index is -0.876. The maximum atomic E-state index is 13.6. The van der Waals surface area contributed by atoms with E-state index < -0.39 is 23.1 Å². The van der Waals surface area contributed by atoms with E-state index in [1.807, 2.05) is 0 Å². The van der Waals surface area contributed by atoms with Crippen LogP contribution in [0.4, 0.5) is 9.18 Å².